The molecule has 0 bridgehead atoms. The van der Waals surface area contributed by atoms with Crippen LogP contribution in [0.5, 0.6) is 11.5 Å². The van der Waals surface area contributed by atoms with Gasteiger partial charge in [0, 0.05) is 18.7 Å². The molecule has 3 aromatic carbocycles. The number of unbranched alkanes of at least 4 members (excludes halogenated alkanes) is 1. The summed E-state index contributed by atoms with van der Waals surface area (Å²) in [5.74, 6) is -0.990. The smallest absolute Gasteiger partial charge is 0.265 e. The normalized spacial score (nSPS) is 12.0. The summed E-state index contributed by atoms with van der Waals surface area (Å²) < 4.78 is 32.0. The fraction of sp³-hybridized carbons (Fsp3) is 0.286. The van der Waals surface area contributed by atoms with E-state index in [2.05, 4.69) is 10.6 Å². The molecule has 1 atom stereocenters. The van der Waals surface area contributed by atoms with Crippen LogP contribution in [0, 0.1) is 0 Å². The summed E-state index contributed by atoms with van der Waals surface area (Å²) in [4.78, 5) is 25.5. The molecule has 0 aliphatic rings. The number of phenolic OH excluding ortho intramolecular Hbond substituents is 1. The Balaban J connectivity index is 1.67. The number of phenols is 1. The number of halogens is 3. The van der Waals surface area contributed by atoms with E-state index in [-0.39, 0.29) is 38.5 Å². The van der Waals surface area contributed by atoms with Gasteiger partial charge in [-0.05, 0) is 61.4 Å². The number of carbonyl (C=O) groups excluding carboxylic acids is 2. The Morgan fingerprint density at radius 2 is 1.61 bits per heavy atom. The molecule has 2 amide bonds. The van der Waals surface area contributed by atoms with Crippen molar-refractivity contribution >= 4 is 73.7 Å². The summed E-state index contributed by atoms with van der Waals surface area (Å²) in [6.45, 7) is 3.68. The van der Waals surface area contributed by atoms with Gasteiger partial charge in [-0.2, -0.15) is 0 Å². The van der Waals surface area contributed by atoms with Crippen molar-refractivity contribution in [1.29, 1.82) is 0 Å². The molecule has 0 fully saturated rings. The molecule has 1 unspecified atom stereocenters. The molecule has 3 N–H and O–H groups in total. The van der Waals surface area contributed by atoms with Gasteiger partial charge in [0.25, 0.3) is 11.8 Å². The summed E-state index contributed by atoms with van der Waals surface area (Å²) in [5.41, 5.74) is 0.819. The lowest BCUT2D eigenvalue weighted by Gasteiger charge is -2.21. The van der Waals surface area contributed by atoms with Crippen molar-refractivity contribution in [3.8, 4) is 11.5 Å². The van der Waals surface area contributed by atoms with Crippen molar-refractivity contribution in [1.82, 2.24) is 0 Å². The first-order valence-electron chi connectivity index (χ1n) is 12.7. The number of hydrogen-bond donors (Lipinski definition) is 3. The van der Waals surface area contributed by atoms with Crippen molar-refractivity contribution < 1.29 is 27.9 Å². The molecule has 0 saturated heterocycles. The van der Waals surface area contributed by atoms with Gasteiger partial charge in [-0.3, -0.25) is 13.9 Å². The lowest BCUT2D eigenvalue weighted by Crippen LogP contribution is -2.32. The van der Waals surface area contributed by atoms with Crippen LogP contribution in [0.25, 0.3) is 0 Å². The Hall–Kier alpha value is -3.18. The second kappa shape index (κ2) is 14.1. The highest BCUT2D eigenvalue weighted by atomic mass is 35.5. The first-order chi connectivity index (χ1) is 19.4. The number of nitrogens with zero attached hydrogens (tertiary/aromatic N) is 1. The summed E-state index contributed by atoms with van der Waals surface area (Å²) in [6.07, 6.45) is 0.727. The quantitative estimate of drug-likeness (QED) is 0.183. The SMILES string of the molecule is CCCCS(=O)(=O)N(C)c1ccc(OC(CC)C(=O)Nc2cc(O)c(NC(=O)c3ccc(Cl)c(Cl)c3)cc2Cl)cc1. The first-order valence-corrected chi connectivity index (χ1v) is 15.4. The van der Waals surface area contributed by atoms with Gasteiger partial charge in [0.05, 0.1) is 37.9 Å². The van der Waals surface area contributed by atoms with Gasteiger partial charge >= 0.3 is 0 Å². The third-order valence-corrected chi connectivity index (χ3v) is 8.99. The van der Waals surface area contributed by atoms with Crippen molar-refractivity contribution in [2.45, 2.75) is 39.2 Å². The molecule has 0 aliphatic heterocycles. The molecular formula is C28H30Cl3N3O6S. The topological polar surface area (TPSA) is 125 Å². The number of hydrogen-bond acceptors (Lipinski definition) is 6. The zero-order valence-electron chi connectivity index (χ0n) is 22.6. The van der Waals surface area contributed by atoms with E-state index < -0.39 is 27.9 Å². The van der Waals surface area contributed by atoms with Crippen LogP contribution in [0.4, 0.5) is 17.1 Å². The number of aromatic hydroxyl groups is 1. The molecule has 0 radical (unpaired) electrons. The summed E-state index contributed by atoms with van der Waals surface area (Å²) in [7, 11) is -1.94. The van der Waals surface area contributed by atoms with Crippen LogP contribution in [0.1, 0.15) is 43.5 Å². The average molecular weight is 643 g/mol. The lowest BCUT2D eigenvalue weighted by atomic mass is 10.2. The number of ether oxygens (including phenoxy) is 1. The van der Waals surface area contributed by atoms with Crippen LogP contribution in [-0.4, -0.2) is 44.2 Å². The molecule has 0 aliphatic carbocycles. The Morgan fingerprint density at radius 1 is 0.927 bits per heavy atom. The Labute approximate surface area is 254 Å². The fourth-order valence-corrected chi connectivity index (χ4v) is 5.53. The summed E-state index contributed by atoms with van der Waals surface area (Å²) in [5, 5.41) is 16.2. The molecular weight excluding hydrogens is 613 g/mol. The minimum atomic E-state index is -3.44. The molecule has 3 aromatic rings. The van der Waals surface area contributed by atoms with E-state index in [0.717, 1.165) is 6.42 Å². The molecule has 0 spiro atoms. The van der Waals surface area contributed by atoms with Crippen LogP contribution >= 0.6 is 34.8 Å². The van der Waals surface area contributed by atoms with Crippen LogP contribution in [0.2, 0.25) is 15.1 Å². The Kier molecular flexibility index (Phi) is 11.1. The number of sulfonamides is 1. The van der Waals surface area contributed by atoms with Gasteiger partial charge < -0.3 is 20.5 Å². The molecule has 3 rings (SSSR count). The highest BCUT2D eigenvalue weighted by Crippen LogP contribution is 2.35. The Morgan fingerprint density at radius 3 is 2.22 bits per heavy atom. The zero-order chi connectivity index (χ0) is 30.3. The zero-order valence-corrected chi connectivity index (χ0v) is 25.7. The predicted molar refractivity (Wildman–Crippen MR) is 164 cm³/mol. The molecule has 9 nitrogen and oxygen atoms in total. The fourth-order valence-electron chi connectivity index (χ4n) is 3.65. The number of amides is 2. The summed E-state index contributed by atoms with van der Waals surface area (Å²) in [6, 6.07) is 13.2. The second-order valence-corrected chi connectivity index (χ2v) is 12.4. The highest BCUT2D eigenvalue weighted by molar-refractivity contribution is 7.92. The van der Waals surface area contributed by atoms with E-state index >= 15 is 0 Å². The Bertz CT molecular complexity index is 1520. The third-order valence-electron chi connectivity index (χ3n) is 6.09. The number of anilines is 3. The number of carbonyl (C=O) groups is 2. The average Bonchev–Trinajstić information content (AvgIpc) is 2.94. The van der Waals surface area contributed by atoms with Gasteiger partial charge in [-0.25, -0.2) is 8.42 Å². The van der Waals surface area contributed by atoms with Crippen molar-refractivity contribution in [3.05, 3.63) is 75.2 Å². The molecule has 13 heteroatoms. The standard InChI is InChI=1S/C28H30Cl3N3O6S/c1-4-6-13-41(38,39)34(3)18-8-10-19(11-9-18)40-26(5-2)28(37)32-23-16-25(35)24(15-22(23)31)33-27(36)17-7-12-20(29)21(30)14-17/h7-12,14-16,26,35H,4-6,13H2,1-3H3,(H,32,37)(H,33,36). The van der Waals surface area contributed by atoms with E-state index in [0.29, 0.717) is 29.3 Å². The maximum atomic E-state index is 13.0. The minimum absolute atomic E-state index is 0.0223. The summed E-state index contributed by atoms with van der Waals surface area (Å²) >= 11 is 18.2. The molecule has 220 valence electrons. The number of nitrogens with one attached hydrogen (secondary N) is 2. The van der Waals surface area contributed by atoms with E-state index in [4.69, 9.17) is 39.5 Å². The first kappa shape index (κ1) is 32.3. The minimum Gasteiger partial charge on any atom is -0.506 e. The molecule has 0 saturated carbocycles. The maximum Gasteiger partial charge on any atom is 0.265 e. The molecule has 41 heavy (non-hydrogen) atoms. The van der Waals surface area contributed by atoms with Gasteiger partial charge in [0.2, 0.25) is 10.0 Å². The van der Waals surface area contributed by atoms with E-state index in [1.165, 1.54) is 41.7 Å². The van der Waals surface area contributed by atoms with Gasteiger partial charge in [0.15, 0.2) is 6.10 Å². The van der Waals surface area contributed by atoms with Crippen LogP contribution in [-0.2, 0) is 14.8 Å². The van der Waals surface area contributed by atoms with E-state index in [1.54, 1.807) is 31.2 Å². The van der Waals surface area contributed by atoms with Crippen molar-refractivity contribution in [3.63, 3.8) is 0 Å². The van der Waals surface area contributed by atoms with Gasteiger partial charge in [0.1, 0.15) is 11.5 Å². The van der Waals surface area contributed by atoms with E-state index in [1.807, 2.05) is 6.92 Å². The van der Waals surface area contributed by atoms with E-state index in [9.17, 15) is 23.1 Å². The van der Waals surface area contributed by atoms with Gasteiger partial charge in [-0.1, -0.05) is 55.1 Å². The van der Waals surface area contributed by atoms with Crippen LogP contribution in [0.3, 0.4) is 0 Å². The molecule has 0 heterocycles. The van der Waals surface area contributed by atoms with Crippen molar-refractivity contribution in [2.24, 2.45) is 0 Å². The highest BCUT2D eigenvalue weighted by Gasteiger charge is 2.22. The molecule has 0 aromatic heterocycles. The number of benzene rings is 3. The van der Waals surface area contributed by atoms with Crippen LogP contribution < -0.4 is 19.7 Å². The lowest BCUT2D eigenvalue weighted by molar-refractivity contribution is -0.122. The van der Waals surface area contributed by atoms with Crippen molar-refractivity contribution in [2.75, 3.05) is 27.7 Å². The van der Waals surface area contributed by atoms with Gasteiger partial charge in [-0.15, -0.1) is 0 Å². The van der Waals surface area contributed by atoms with Crippen LogP contribution in [0.15, 0.2) is 54.6 Å². The maximum absolute atomic E-state index is 13.0. The number of rotatable bonds is 12. The predicted octanol–water partition coefficient (Wildman–Crippen LogP) is 6.97. The third kappa shape index (κ3) is 8.42. The monoisotopic (exact) mass is 641 g/mol. The second-order valence-electron chi connectivity index (χ2n) is 9.07. The largest absolute Gasteiger partial charge is 0.506 e.